The Balaban J connectivity index is 3.24. The van der Waals surface area contributed by atoms with Gasteiger partial charge >= 0.3 is 0 Å². The summed E-state index contributed by atoms with van der Waals surface area (Å²) >= 11 is 0. The predicted octanol–water partition coefficient (Wildman–Crippen LogP) is 0.114. The molecule has 1 rings (SSSR count). The van der Waals surface area contributed by atoms with Gasteiger partial charge in [0, 0.05) is 27.1 Å². The molecular formula is C14H23N3O5S2. The molecule has 0 saturated heterocycles. The monoisotopic (exact) mass is 377 g/mol. The quantitative estimate of drug-likeness (QED) is 0.700. The van der Waals surface area contributed by atoms with Crippen molar-refractivity contribution >= 4 is 31.6 Å². The molecule has 0 unspecified atom stereocenters. The van der Waals surface area contributed by atoms with Crippen LogP contribution in [0.2, 0.25) is 0 Å². The number of carbonyl (C=O) groups is 1. The Hall–Kier alpha value is -1.65. The predicted molar refractivity (Wildman–Crippen MR) is 93.0 cm³/mol. The highest BCUT2D eigenvalue weighted by atomic mass is 32.2. The molecule has 0 aliphatic heterocycles. The van der Waals surface area contributed by atoms with E-state index >= 15 is 0 Å². The van der Waals surface area contributed by atoms with E-state index in [0.29, 0.717) is 16.8 Å². The van der Waals surface area contributed by atoms with Gasteiger partial charge in [-0.05, 0) is 31.0 Å². The second kappa shape index (κ2) is 7.49. The van der Waals surface area contributed by atoms with Crippen molar-refractivity contribution in [2.45, 2.75) is 25.2 Å². The number of aryl methyl sites for hydroxylation is 1. The van der Waals surface area contributed by atoms with Crippen LogP contribution in [0.4, 0.5) is 5.69 Å². The molecule has 136 valence electrons. The maximum atomic E-state index is 12.4. The third-order valence-corrected chi connectivity index (χ3v) is 6.39. The van der Waals surface area contributed by atoms with Gasteiger partial charge in [-0.3, -0.25) is 9.10 Å². The first-order chi connectivity index (χ1) is 10.9. The highest BCUT2D eigenvalue weighted by molar-refractivity contribution is 7.92. The van der Waals surface area contributed by atoms with Crippen LogP contribution < -0.4 is 14.3 Å². The number of benzene rings is 1. The summed E-state index contributed by atoms with van der Waals surface area (Å²) in [6.07, 6.45) is 1.06. The van der Waals surface area contributed by atoms with Crippen molar-refractivity contribution in [3.63, 3.8) is 0 Å². The van der Waals surface area contributed by atoms with Crippen LogP contribution in [-0.2, 0) is 24.8 Å². The average molecular weight is 377 g/mol. The molecule has 2 N–H and O–H groups in total. The van der Waals surface area contributed by atoms with Crippen LogP contribution in [0.5, 0.6) is 0 Å². The van der Waals surface area contributed by atoms with Crippen LogP contribution in [0.25, 0.3) is 0 Å². The molecule has 0 saturated carbocycles. The standard InChI is InChI=1S/C14H23N3O5S2/c1-10-6-7-12(11(2)14(10)17(4)23(5,19)20)24(21,22)16-9-8-13(18)15-3/h6-7,16H,8-9H2,1-5H3,(H,15,18). The maximum absolute atomic E-state index is 12.4. The largest absolute Gasteiger partial charge is 0.359 e. The Morgan fingerprint density at radius 3 is 2.25 bits per heavy atom. The van der Waals surface area contributed by atoms with Crippen molar-refractivity contribution < 1.29 is 21.6 Å². The van der Waals surface area contributed by atoms with E-state index in [1.54, 1.807) is 19.9 Å². The molecular weight excluding hydrogens is 354 g/mol. The molecule has 0 bridgehead atoms. The topological polar surface area (TPSA) is 113 Å². The highest BCUT2D eigenvalue weighted by Gasteiger charge is 2.24. The summed E-state index contributed by atoms with van der Waals surface area (Å²) < 4.78 is 51.9. The molecule has 10 heteroatoms. The summed E-state index contributed by atoms with van der Waals surface area (Å²) in [5.41, 5.74) is 1.30. The zero-order chi connectivity index (χ0) is 18.7. The summed E-state index contributed by atoms with van der Waals surface area (Å²) in [6.45, 7) is 3.21. The van der Waals surface area contributed by atoms with Crippen molar-refractivity contribution in [1.29, 1.82) is 0 Å². The van der Waals surface area contributed by atoms with Crippen LogP contribution >= 0.6 is 0 Å². The molecule has 0 heterocycles. The summed E-state index contributed by atoms with van der Waals surface area (Å²) in [5.74, 6) is -0.282. The van der Waals surface area contributed by atoms with E-state index in [-0.39, 0.29) is 23.8 Å². The number of hydrogen-bond acceptors (Lipinski definition) is 5. The van der Waals surface area contributed by atoms with Crippen molar-refractivity contribution in [2.75, 3.05) is 31.2 Å². The van der Waals surface area contributed by atoms with E-state index in [2.05, 4.69) is 10.0 Å². The summed E-state index contributed by atoms with van der Waals surface area (Å²) in [5, 5.41) is 2.40. The van der Waals surface area contributed by atoms with Gasteiger partial charge in [0.15, 0.2) is 0 Å². The fourth-order valence-corrected chi connectivity index (χ4v) is 4.15. The van der Waals surface area contributed by atoms with Gasteiger partial charge < -0.3 is 5.32 Å². The number of rotatable bonds is 7. The lowest BCUT2D eigenvalue weighted by Crippen LogP contribution is -2.31. The van der Waals surface area contributed by atoms with Crippen LogP contribution in [0.1, 0.15) is 17.5 Å². The molecule has 24 heavy (non-hydrogen) atoms. The number of anilines is 1. The molecule has 0 spiro atoms. The van der Waals surface area contributed by atoms with Crippen LogP contribution in [-0.4, -0.2) is 49.6 Å². The molecule has 0 aliphatic rings. The van der Waals surface area contributed by atoms with Gasteiger partial charge in [0.2, 0.25) is 26.0 Å². The Morgan fingerprint density at radius 2 is 1.75 bits per heavy atom. The van der Waals surface area contributed by atoms with E-state index in [4.69, 9.17) is 0 Å². The Bertz CT molecular complexity index is 832. The van der Waals surface area contributed by atoms with E-state index < -0.39 is 20.0 Å². The number of hydrogen-bond donors (Lipinski definition) is 2. The van der Waals surface area contributed by atoms with Crippen LogP contribution in [0.3, 0.4) is 0 Å². The first-order valence-corrected chi connectivity index (χ1v) is 10.5. The fraction of sp³-hybridized carbons (Fsp3) is 0.500. The van der Waals surface area contributed by atoms with Gasteiger partial charge in [0.25, 0.3) is 0 Å². The number of nitrogens with one attached hydrogen (secondary N) is 2. The van der Waals surface area contributed by atoms with E-state index in [9.17, 15) is 21.6 Å². The molecule has 0 aromatic heterocycles. The Kier molecular flexibility index (Phi) is 6.37. The van der Waals surface area contributed by atoms with Crippen LogP contribution in [0.15, 0.2) is 17.0 Å². The molecule has 0 radical (unpaired) electrons. The zero-order valence-electron chi connectivity index (χ0n) is 14.4. The van der Waals surface area contributed by atoms with E-state index in [0.717, 1.165) is 10.6 Å². The second-order valence-electron chi connectivity index (χ2n) is 5.41. The maximum Gasteiger partial charge on any atom is 0.240 e. The van der Waals surface area contributed by atoms with Crippen molar-refractivity contribution in [3.05, 3.63) is 23.3 Å². The lowest BCUT2D eigenvalue weighted by Gasteiger charge is -2.23. The zero-order valence-corrected chi connectivity index (χ0v) is 16.0. The molecule has 0 fully saturated rings. The lowest BCUT2D eigenvalue weighted by molar-refractivity contribution is -0.120. The summed E-state index contributed by atoms with van der Waals surface area (Å²) in [4.78, 5) is 11.2. The summed E-state index contributed by atoms with van der Waals surface area (Å²) in [7, 11) is -4.55. The van der Waals surface area contributed by atoms with Crippen LogP contribution in [0, 0.1) is 13.8 Å². The minimum absolute atomic E-state index is 0.0107. The van der Waals surface area contributed by atoms with E-state index in [1.807, 2.05) is 0 Å². The lowest BCUT2D eigenvalue weighted by atomic mass is 10.1. The molecule has 1 aromatic carbocycles. The second-order valence-corrected chi connectivity index (χ2v) is 9.15. The molecule has 8 nitrogen and oxygen atoms in total. The highest BCUT2D eigenvalue weighted by Crippen LogP contribution is 2.30. The third kappa shape index (κ3) is 4.68. The minimum Gasteiger partial charge on any atom is -0.359 e. The van der Waals surface area contributed by atoms with Gasteiger partial charge in [-0.25, -0.2) is 21.6 Å². The van der Waals surface area contributed by atoms with Crippen molar-refractivity contribution in [1.82, 2.24) is 10.0 Å². The Labute approximate surface area is 143 Å². The SMILES string of the molecule is CNC(=O)CCNS(=O)(=O)c1ccc(C)c(N(C)S(C)(=O)=O)c1C. The fourth-order valence-electron chi connectivity index (χ4n) is 2.26. The average Bonchev–Trinajstić information content (AvgIpc) is 2.45. The molecule has 0 atom stereocenters. The molecule has 1 amide bonds. The molecule has 1 aromatic rings. The number of carbonyl (C=O) groups excluding carboxylic acids is 1. The van der Waals surface area contributed by atoms with Gasteiger partial charge in [0.1, 0.15) is 0 Å². The van der Waals surface area contributed by atoms with Gasteiger partial charge in [-0.1, -0.05) is 6.07 Å². The smallest absolute Gasteiger partial charge is 0.240 e. The number of sulfonamides is 2. The van der Waals surface area contributed by atoms with Crippen molar-refractivity contribution in [3.8, 4) is 0 Å². The molecule has 0 aliphatic carbocycles. The van der Waals surface area contributed by atoms with Crippen molar-refractivity contribution in [2.24, 2.45) is 0 Å². The first kappa shape index (κ1) is 20.4. The minimum atomic E-state index is -3.86. The van der Waals surface area contributed by atoms with E-state index in [1.165, 1.54) is 20.2 Å². The Morgan fingerprint density at radius 1 is 1.17 bits per heavy atom. The van der Waals surface area contributed by atoms with Gasteiger partial charge in [-0.15, -0.1) is 0 Å². The number of nitrogens with zero attached hydrogens (tertiary/aromatic N) is 1. The summed E-state index contributed by atoms with van der Waals surface area (Å²) in [6, 6.07) is 2.98. The number of amides is 1. The van der Waals surface area contributed by atoms with Gasteiger partial charge in [-0.2, -0.15) is 0 Å². The van der Waals surface area contributed by atoms with Gasteiger partial charge in [0.05, 0.1) is 16.8 Å². The third-order valence-electron chi connectivity index (χ3n) is 3.61. The normalized spacial score (nSPS) is 12.0. The first-order valence-electron chi connectivity index (χ1n) is 7.16.